The van der Waals surface area contributed by atoms with Crippen LogP contribution in [0.25, 0.3) is 0 Å². The lowest BCUT2D eigenvalue weighted by Gasteiger charge is -2.31. The van der Waals surface area contributed by atoms with Crippen LogP contribution in [0, 0.1) is 11.3 Å². The van der Waals surface area contributed by atoms with E-state index in [2.05, 4.69) is 31.9 Å². The Hall–Kier alpha value is -6.07. The third kappa shape index (κ3) is 17.8. The number of carboxylic acids is 4. The Bertz CT molecular complexity index is 1540. The van der Waals surface area contributed by atoms with Crippen LogP contribution in [0.1, 0.15) is 85.0 Å². The summed E-state index contributed by atoms with van der Waals surface area (Å²) >= 11 is 0. The molecular formula is C34H56N10O14. The number of carboxylic acid groups (broad SMARTS) is 4. The monoisotopic (exact) mass is 828 g/mol. The zero-order valence-corrected chi connectivity index (χ0v) is 32.6. The molecule has 0 bridgehead atoms. The molecular weight excluding hydrogens is 772 g/mol. The molecule has 1 saturated heterocycles. The van der Waals surface area contributed by atoms with E-state index in [1.807, 2.05) is 0 Å². The normalized spacial score (nSPS) is 16.6. The van der Waals surface area contributed by atoms with Crippen molar-refractivity contribution >= 4 is 65.3 Å². The van der Waals surface area contributed by atoms with E-state index in [0.29, 0.717) is 6.42 Å². The highest BCUT2D eigenvalue weighted by Crippen LogP contribution is 2.20. The minimum Gasteiger partial charge on any atom is -0.481 e. The number of nitrogens with one attached hydrogen (secondary N) is 7. The Kier molecular flexibility index (Phi) is 21.1. The first kappa shape index (κ1) is 49.9. The van der Waals surface area contributed by atoms with Crippen LogP contribution in [0.15, 0.2) is 0 Å². The molecule has 1 heterocycles. The van der Waals surface area contributed by atoms with E-state index in [-0.39, 0.29) is 44.7 Å². The molecule has 15 N–H and O–H groups in total. The fraction of sp³-hybridized carbons (Fsp3) is 0.676. The molecule has 1 fully saturated rings. The number of rotatable bonds is 26. The predicted octanol–water partition coefficient (Wildman–Crippen LogP) is -3.65. The molecule has 1 aliphatic rings. The first-order valence-electron chi connectivity index (χ1n) is 18.6. The van der Waals surface area contributed by atoms with Gasteiger partial charge in [-0.15, -0.1) is 0 Å². The largest absolute Gasteiger partial charge is 0.481 e. The SMILES string of the molecule is CC(C)[C@H](NC(=O)[C@H](CCC(=O)O)NC(=O)[C@@H](N)CCC(=O)O)C(=O)N[C@@H](CCC(=O)O)C(=O)N[C@@H](CCCNC(=N)N)C(=O)N1CCC[C@H]1C(=O)N[C@@H](C)C(=O)O. The number of nitrogens with two attached hydrogens (primary N) is 2. The second kappa shape index (κ2) is 24.5. The van der Waals surface area contributed by atoms with Crippen molar-refractivity contribution in [2.45, 2.75) is 127 Å². The molecule has 0 aliphatic carbocycles. The van der Waals surface area contributed by atoms with Crippen LogP contribution in [0.4, 0.5) is 0 Å². The van der Waals surface area contributed by atoms with Crippen molar-refractivity contribution in [3.8, 4) is 0 Å². The Balaban J connectivity index is 3.35. The molecule has 24 heteroatoms. The fourth-order valence-corrected chi connectivity index (χ4v) is 5.75. The summed E-state index contributed by atoms with van der Waals surface area (Å²) in [6.45, 7) is 4.42. The summed E-state index contributed by atoms with van der Waals surface area (Å²) in [5, 5.41) is 58.6. The van der Waals surface area contributed by atoms with E-state index in [0.717, 1.165) is 0 Å². The minimum absolute atomic E-state index is 0.0770. The molecule has 0 saturated carbocycles. The van der Waals surface area contributed by atoms with Crippen LogP contribution in [0.3, 0.4) is 0 Å². The second-order valence-electron chi connectivity index (χ2n) is 14.1. The minimum atomic E-state index is -1.61. The van der Waals surface area contributed by atoms with E-state index < -0.39 is 140 Å². The molecule has 0 unspecified atom stereocenters. The maximum absolute atomic E-state index is 13.9. The van der Waals surface area contributed by atoms with Crippen molar-refractivity contribution in [2.24, 2.45) is 17.4 Å². The van der Waals surface area contributed by atoms with Gasteiger partial charge >= 0.3 is 23.9 Å². The Labute approximate surface area is 333 Å². The summed E-state index contributed by atoms with van der Waals surface area (Å²) in [6, 6.07) is -9.69. The zero-order valence-electron chi connectivity index (χ0n) is 32.6. The summed E-state index contributed by atoms with van der Waals surface area (Å²) in [6.07, 6.45) is -2.34. The molecule has 6 amide bonds. The average molecular weight is 829 g/mol. The van der Waals surface area contributed by atoms with Gasteiger partial charge in [-0.1, -0.05) is 13.8 Å². The first-order chi connectivity index (χ1) is 27.0. The molecule has 7 atom stereocenters. The third-order valence-corrected chi connectivity index (χ3v) is 8.98. The first-order valence-corrected chi connectivity index (χ1v) is 18.6. The molecule has 58 heavy (non-hydrogen) atoms. The Morgan fingerprint density at radius 2 is 1.19 bits per heavy atom. The Morgan fingerprint density at radius 3 is 1.69 bits per heavy atom. The summed E-state index contributed by atoms with van der Waals surface area (Å²) in [7, 11) is 0. The molecule has 326 valence electrons. The number of hydrogen-bond donors (Lipinski definition) is 13. The molecule has 0 aromatic heterocycles. The average Bonchev–Trinajstić information content (AvgIpc) is 3.63. The molecule has 24 nitrogen and oxygen atoms in total. The summed E-state index contributed by atoms with van der Waals surface area (Å²) in [5.41, 5.74) is 11.1. The van der Waals surface area contributed by atoms with Crippen LogP contribution >= 0.6 is 0 Å². The number of likely N-dealkylation sites (tertiary alicyclic amines) is 1. The van der Waals surface area contributed by atoms with Crippen LogP contribution in [0.2, 0.25) is 0 Å². The van der Waals surface area contributed by atoms with Gasteiger partial charge in [0.25, 0.3) is 0 Å². The van der Waals surface area contributed by atoms with E-state index in [9.17, 15) is 63.3 Å². The highest BCUT2D eigenvalue weighted by molar-refractivity contribution is 5.97. The van der Waals surface area contributed by atoms with Crippen LogP contribution in [-0.2, 0) is 47.9 Å². The number of hydrogen-bond acceptors (Lipinski definition) is 12. The Morgan fingerprint density at radius 1 is 0.690 bits per heavy atom. The number of guanidine groups is 1. The lowest BCUT2D eigenvalue weighted by Crippen LogP contribution is -2.60. The lowest BCUT2D eigenvalue weighted by atomic mass is 10.0. The second-order valence-corrected chi connectivity index (χ2v) is 14.1. The summed E-state index contributed by atoms with van der Waals surface area (Å²) < 4.78 is 0. The summed E-state index contributed by atoms with van der Waals surface area (Å²) in [4.78, 5) is 127. The van der Waals surface area contributed by atoms with Gasteiger partial charge in [0.15, 0.2) is 5.96 Å². The maximum atomic E-state index is 13.9. The van der Waals surface area contributed by atoms with Gasteiger partial charge in [0.05, 0.1) is 6.04 Å². The standard InChI is InChI=1S/C34H56N10O14/c1-16(2)26(43-29(53)20(10-13-25(49)50)40-27(51)18(35)8-11-23(45)46)31(55)41-19(9-12-24(47)48)28(52)42-21(6-4-14-38-34(36)37)32(56)44-15-5-7-22(44)30(54)39-17(3)33(57)58/h16-22,26H,4-15,35H2,1-3H3,(H,39,54)(H,40,51)(H,41,55)(H,42,52)(H,43,53)(H,45,46)(H,47,48)(H,49,50)(H,57,58)(H4,36,37,38)/t17-,18-,19-,20-,21-,22-,26-/m0/s1. The number of carbonyl (C=O) groups is 10. The van der Waals surface area contributed by atoms with E-state index in [4.69, 9.17) is 22.0 Å². The van der Waals surface area contributed by atoms with Gasteiger partial charge in [0, 0.05) is 32.4 Å². The molecule has 0 aromatic rings. The highest BCUT2D eigenvalue weighted by atomic mass is 16.4. The van der Waals surface area contributed by atoms with Crippen molar-refractivity contribution in [1.29, 1.82) is 5.41 Å². The highest BCUT2D eigenvalue weighted by Gasteiger charge is 2.39. The van der Waals surface area contributed by atoms with Crippen LogP contribution in [0.5, 0.6) is 0 Å². The number of aliphatic carboxylic acids is 4. The van der Waals surface area contributed by atoms with Crippen LogP contribution in [-0.4, -0.2) is 146 Å². The smallest absolute Gasteiger partial charge is 0.325 e. The zero-order chi connectivity index (χ0) is 44.3. The molecule has 1 rings (SSSR count). The van der Waals surface area contributed by atoms with E-state index in [1.165, 1.54) is 25.7 Å². The van der Waals surface area contributed by atoms with E-state index >= 15 is 0 Å². The van der Waals surface area contributed by atoms with Crippen molar-refractivity contribution in [3.05, 3.63) is 0 Å². The van der Waals surface area contributed by atoms with Gasteiger partial charge in [-0.3, -0.25) is 53.4 Å². The van der Waals surface area contributed by atoms with Gasteiger partial charge in [-0.2, -0.15) is 0 Å². The fourth-order valence-electron chi connectivity index (χ4n) is 5.75. The molecule has 0 spiro atoms. The van der Waals surface area contributed by atoms with Gasteiger partial charge in [0.1, 0.15) is 36.3 Å². The number of amides is 6. The van der Waals surface area contributed by atoms with Crippen molar-refractivity contribution < 1.29 is 68.4 Å². The van der Waals surface area contributed by atoms with Crippen LogP contribution < -0.4 is 43.4 Å². The third-order valence-electron chi connectivity index (χ3n) is 8.98. The molecule has 0 radical (unpaired) electrons. The lowest BCUT2D eigenvalue weighted by molar-refractivity contribution is -0.145. The van der Waals surface area contributed by atoms with Crippen molar-refractivity contribution in [3.63, 3.8) is 0 Å². The van der Waals surface area contributed by atoms with Gasteiger partial charge in [0.2, 0.25) is 35.4 Å². The quantitative estimate of drug-likeness (QED) is 0.0227. The van der Waals surface area contributed by atoms with Gasteiger partial charge < -0.3 is 68.7 Å². The van der Waals surface area contributed by atoms with Crippen molar-refractivity contribution in [2.75, 3.05) is 13.1 Å². The van der Waals surface area contributed by atoms with Gasteiger partial charge in [-0.25, -0.2) is 0 Å². The van der Waals surface area contributed by atoms with E-state index in [1.54, 1.807) is 0 Å². The molecule has 0 aromatic carbocycles. The summed E-state index contributed by atoms with van der Waals surface area (Å²) in [5.74, 6) is -11.7. The van der Waals surface area contributed by atoms with Gasteiger partial charge in [-0.05, 0) is 57.8 Å². The maximum Gasteiger partial charge on any atom is 0.325 e. The molecule has 1 aliphatic heterocycles. The topological polar surface area (TPSA) is 403 Å². The number of carbonyl (C=O) groups excluding carboxylic acids is 6. The predicted molar refractivity (Wildman–Crippen MR) is 200 cm³/mol. The number of nitrogens with zero attached hydrogens (tertiary/aromatic N) is 1. The van der Waals surface area contributed by atoms with Crippen molar-refractivity contribution in [1.82, 2.24) is 36.8 Å².